The largest absolute Gasteiger partial charge is 0.387 e. The number of aromatic nitrogens is 1. The molecule has 3 nitrogen and oxygen atoms in total. The van der Waals surface area contributed by atoms with E-state index in [0.29, 0.717) is 11.7 Å². The molecule has 0 aromatic carbocycles. The molecule has 1 N–H and O–H groups in total. The normalized spacial score (nSPS) is 14.1. The number of aliphatic hydroxyl groups excluding tert-OH is 1. The average Bonchev–Trinajstić information content (AvgIpc) is 2.90. The third-order valence-electron chi connectivity index (χ3n) is 3.34. The summed E-state index contributed by atoms with van der Waals surface area (Å²) in [5.41, 5.74) is 1.79. The Morgan fingerprint density at radius 1 is 1.32 bits per heavy atom. The van der Waals surface area contributed by atoms with Gasteiger partial charge in [0.05, 0.1) is 23.7 Å². The quantitative estimate of drug-likeness (QED) is 0.910. The van der Waals surface area contributed by atoms with Crippen molar-refractivity contribution in [2.24, 2.45) is 0 Å². The SMILES string of the molecule is CC(O)c1ccc(N(C)C(C)Cc2cccs2)cn1. The highest BCUT2D eigenvalue weighted by Crippen LogP contribution is 2.20. The number of thiophene rings is 1. The van der Waals surface area contributed by atoms with E-state index < -0.39 is 6.10 Å². The lowest BCUT2D eigenvalue weighted by molar-refractivity contribution is 0.194. The number of rotatable bonds is 5. The maximum Gasteiger partial charge on any atom is 0.0931 e. The molecule has 2 unspecified atom stereocenters. The smallest absolute Gasteiger partial charge is 0.0931 e. The number of likely N-dealkylation sites (N-methyl/N-ethyl adjacent to an activating group) is 1. The van der Waals surface area contributed by atoms with E-state index in [9.17, 15) is 5.11 Å². The van der Waals surface area contributed by atoms with Gasteiger partial charge in [0, 0.05) is 24.4 Å². The Labute approximate surface area is 118 Å². The topological polar surface area (TPSA) is 36.4 Å². The van der Waals surface area contributed by atoms with Crippen LogP contribution >= 0.6 is 11.3 Å². The van der Waals surface area contributed by atoms with Crippen LogP contribution in [0.1, 0.15) is 30.5 Å². The van der Waals surface area contributed by atoms with Crippen molar-refractivity contribution in [3.63, 3.8) is 0 Å². The first-order chi connectivity index (χ1) is 9.08. The molecule has 19 heavy (non-hydrogen) atoms. The van der Waals surface area contributed by atoms with Crippen molar-refractivity contribution in [1.29, 1.82) is 0 Å². The van der Waals surface area contributed by atoms with E-state index in [4.69, 9.17) is 0 Å². The van der Waals surface area contributed by atoms with Crippen LogP contribution in [0.2, 0.25) is 0 Å². The monoisotopic (exact) mass is 276 g/mol. The summed E-state index contributed by atoms with van der Waals surface area (Å²) < 4.78 is 0. The lowest BCUT2D eigenvalue weighted by Crippen LogP contribution is -2.30. The highest BCUT2D eigenvalue weighted by molar-refractivity contribution is 7.09. The molecular formula is C15H20N2OS. The van der Waals surface area contributed by atoms with E-state index in [1.807, 2.05) is 18.3 Å². The fourth-order valence-electron chi connectivity index (χ4n) is 1.96. The third-order valence-corrected chi connectivity index (χ3v) is 4.24. The van der Waals surface area contributed by atoms with Gasteiger partial charge >= 0.3 is 0 Å². The van der Waals surface area contributed by atoms with Crippen LogP contribution in [0.25, 0.3) is 0 Å². The van der Waals surface area contributed by atoms with E-state index in [1.165, 1.54) is 4.88 Å². The predicted octanol–water partition coefficient (Wildman–Crippen LogP) is 3.26. The second kappa shape index (κ2) is 6.17. The van der Waals surface area contributed by atoms with Crippen LogP contribution in [0.15, 0.2) is 35.8 Å². The first-order valence-electron chi connectivity index (χ1n) is 6.47. The van der Waals surface area contributed by atoms with Crippen molar-refractivity contribution < 1.29 is 5.11 Å². The molecule has 4 heteroatoms. The molecule has 2 atom stereocenters. The maximum absolute atomic E-state index is 9.46. The number of anilines is 1. The van der Waals surface area contributed by atoms with E-state index in [0.717, 1.165) is 12.1 Å². The Bertz CT molecular complexity index is 493. The Kier molecular flexibility index (Phi) is 4.56. The lowest BCUT2D eigenvalue weighted by atomic mass is 10.1. The molecule has 0 spiro atoms. The molecule has 102 valence electrons. The van der Waals surface area contributed by atoms with Gasteiger partial charge in [0.25, 0.3) is 0 Å². The zero-order valence-electron chi connectivity index (χ0n) is 11.6. The first kappa shape index (κ1) is 14.0. The summed E-state index contributed by atoms with van der Waals surface area (Å²) in [6.07, 6.45) is 2.35. The first-order valence-corrected chi connectivity index (χ1v) is 7.35. The average molecular weight is 276 g/mol. The summed E-state index contributed by atoms with van der Waals surface area (Å²) in [5.74, 6) is 0. The minimum absolute atomic E-state index is 0.415. The van der Waals surface area contributed by atoms with Crippen molar-refractivity contribution in [3.8, 4) is 0 Å². The molecule has 0 fully saturated rings. The van der Waals surface area contributed by atoms with E-state index in [-0.39, 0.29) is 0 Å². The van der Waals surface area contributed by atoms with Crippen LogP contribution < -0.4 is 4.90 Å². The summed E-state index contributed by atoms with van der Waals surface area (Å²) in [5, 5.41) is 11.6. The minimum atomic E-state index is -0.511. The van der Waals surface area contributed by atoms with Gasteiger partial charge in [-0.25, -0.2) is 0 Å². The van der Waals surface area contributed by atoms with E-state index in [2.05, 4.69) is 41.4 Å². The highest BCUT2D eigenvalue weighted by atomic mass is 32.1. The van der Waals surface area contributed by atoms with Gasteiger partial charge in [-0.2, -0.15) is 0 Å². The van der Waals surface area contributed by atoms with Crippen LogP contribution in [0.4, 0.5) is 5.69 Å². The molecule has 0 amide bonds. The Morgan fingerprint density at radius 2 is 2.11 bits per heavy atom. The molecule has 0 bridgehead atoms. The van der Waals surface area contributed by atoms with Crippen molar-refractivity contribution in [2.75, 3.05) is 11.9 Å². The van der Waals surface area contributed by atoms with Gasteiger partial charge in [-0.1, -0.05) is 6.07 Å². The molecule has 2 rings (SSSR count). The maximum atomic E-state index is 9.46. The predicted molar refractivity (Wildman–Crippen MR) is 80.8 cm³/mol. The number of hydrogen-bond donors (Lipinski definition) is 1. The molecule has 0 saturated carbocycles. The highest BCUT2D eigenvalue weighted by Gasteiger charge is 2.12. The van der Waals surface area contributed by atoms with Gasteiger partial charge in [-0.15, -0.1) is 11.3 Å². The van der Waals surface area contributed by atoms with Crippen molar-refractivity contribution in [2.45, 2.75) is 32.4 Å². The zero-order valence-corrected chi connectivity index (χ0v) is 12.4. The van der Waals surface area contributed by atoms with Crippen LogP contribution in [0.3, 0.4) is 0 Å². The molecule has 0 radical (unpaired) electrons. The van der Waals surface area contributed by atoms with E-state index in [1.54, 1.807) is 18.3 Å². The van der Waals surface area contributed by atoms with Crippen LogP contribution in [0.5, 0.6) is 0 Å². The molecule has 0 aliphatic carbocycles. The van der Waals surface area contributed by atoms with Crippen molar-refractivity contribution >= 4 is 17.0 Å². The fourth-order valence-corrected chi connectivity index (χ4v) is 2.79. The summed E-state index contributed by atoms with van der Waals surface area (Å²) in [4.78, 5) is 7.91. The summed E-state index contributed by atoms with van der Waals surface area (Å²) >= 11 is 1.79. The summed E-state index contributed by atoms with van der Waals surface area (Å²) in [6.45, 7) is 3.94. The van der Waals surface area contributed by atoms with Gasteiger partial charge in [-0.05, 0) is 37.4 Å². The van der Waals surface area contributed by atoms with Crippen LogP contribution in [-0.2, 0) is 6.42 Å². The second-order valence-electron chi connectivity index (χ2n) is 4.86. The number of aliphatic hydroxyl groups is 1. The zero-order chi connectivity index (χ0) is 13.8. The lowest BCUT2D eigenvalue weighted by Gasteiger charge is -2.26. The molecule has 0 aliphatic rings. The molecule has 2 heterocycles. The van der Waals surface area contributed by atoms with Gasteiger partial charge in [0.2, 0.25) is 0 Å². The fraction of sp³-hybridized carbons (Fsp3) is 0.400. The van der Waals surface area contributed by atoms with Gasteiger partial charge < -0.3 is 10.0 Å². The van der Waals surface area contributed by atoms with Crippen LogP contribution in [-0.4, -0.2) is 23.2 Å². The number of hydrogen-bond acceptors (Lipinski definition) is 4. The summed E-state index contributed by atoms with van der Waals surface area (Å²) in [6, 6.07) is 8.57. The third kappa shape index (κ3) is 3.55. The second-order valence-corrected chi connectivity index (χ2v) is 5.89. The Hall–Kier alpha value is -1.39. The van der Waals surface area contributed by atoms with Crippen molar-refractivity contribution in [3.05, 3.63) is 46.4 Å². The molecule has 2 aromatic rings. The van der Waals surface area contributed by atoms with Gasteiger partial charge in [0.1, 0.15) is 0 Å². The standard InChI is InChI=1S/C15H20N2OS/c1-11(9-14-5-4-8-19-14)17(3)13-6-7-15(12(2)18)16-10-13/h4-8,10-12,18H,9H2,1-3H3. The van der Waals surface area contributed by atoms with Crippen molar-refractivity contribution in [1.82, 2.24) is 4.98 Å². The molecule has 2 aromatic heterocycles. The Morgan fingerprint density at radius 3 is 2.63 bits per heavy atom. The molecular weight excluding hydrogens is 256 g/mol. The number of nitrogens with zero attached hydrogens (tertiary/aromatic N) is 2. The van der Waals surface area contributed by atoms with Gasteiger partial charge in [-0.3, -0.25) is 4.98 Å². The number of pyridine rings is 1. The summed E-state index contributed by atoms with van der Waals surface area (Å²) in [7, 11) is 2.08. The Balaban J connectivity index is 2.04. The van der Waals surface area contributed by atoms with Gasteiger partial charge in [0.15, 0.2) is 0 Å². The molecule has 0 saturated heterocycles. The molecule has 0 aliphatic heterocycles. The van der Waals surface area contributed by atoms with Crippen LogP contribution in [0, 0.1) is 0 Å². The minimum Gasteiger partial charge on any atom is -0.387 e. The van der Waals surface area contributed by atoms with E-state index >= 15 is 0 Å².